The lowest BCUT2D eigenvalue weighted by Crippen LogP contribution is -2.39. The fourth-order valence-corrected chi connectivity index (χ4v) is 3.28. The molecule has 2 heterocycles. The van der Waals surface area contributed by atoms with E-state index < -0.39 is 0 Å². The second kappa shape index (κ2) is 6.60. The number of nitrogens with one attached hydrogen (secondary N) is 1. The van der Waals surface area contributed by atoms with Crippen molar-refractivity contribution in [3.63, 3.8) is 0 Å². The number of ether oxygens (including phenoxy) is 1. The molecule has 4 heteroatoms. The molecule has 0 bridgehead atoms. The number of halogens is 1. The van der Waals surface area contributed by atoms with Crippen LogP contribution in [0.2, 0.25) is 0 Å². The van der Waals surface area contributed by atoms with E-state index in [4.69, 9.17) is 4.74 Å². The lowest BCUT2D eigenvalue weighted by Gasteiger charge is -2.34. The van der Waals surface area contributed by atoms with Gasteiger partial charge in [0.05, 0.1) is 7.11 Å². The molecule has 2 aliphatic rings. The molecule has 19 heavy (non-hydrogen) atoms. The van der Waals surface area contributed by atoms with E-state index in [0.717, 1.165) is 24.1 Å². The molecule has 2 unspecified atom stereocenters. The van der Waals surface area contributed by atoms with E-state index in [1.54, 1.807) is 7.11 Å². The van der Waals surface area contributed by atoms with Crippen LogP contribution in [0.25, 0.3) is 0 Å². The highest BCUT2D eigenvalue weighted by Gasteiger charge is 2.32. The quantitative estimate of drug-likeness (QED) is 0.919. The SMILES string of the molecule is COc1cccc(CN2CCC3CNCC3C2)c1.Cl. The van der Waals surface area contributed by atoms with Crippen molar-refractivity contribution in [3.8, 4) is 5.75 Å². The summed E-state index contributed by atoms with van der Waals surface area (Å²) in [5, 5.41) is 3.52. The summed E-state index contributed by atoms with van der Waals surface area (Å²) in [6.45, 7) is 5.98. The second-order valence-corrected chi connectivity index (χ2v) is 5.55. The van der Waals surface area contributed by atoms with Gasteiger partial charge in [-0.15, -0.1) is 12.4 Å². The van der Waals surface area contributed by atoms with Gasteiger partial charge in [0, 0.05) is 13.1 Å². The summed E-state index contributed by atoms with van der Waals surface area (Å²) in [5.41, 5.74) is 1.36. The average Bonchev–Trinajstić information content (AvgIpc) is 2.86. The minimum atomic E-state index is 0. The summed E-state index contributed by atoms with van der Waals surface area (Å²) in [5.74, 6) is 2.75. The number of methoxy groups -OCH3 is 1. The molecule has 2 saturated heterocycles. The summed E-state index contributed by atoms with van der Waals surface area (Å²) >= 11 is 0. The highest BCUT2D eigenvalue weighted by Crippen LogP contribution is 2.27. The van der Waals surface area contributed by atoms with Crippen LogP contribution in [0.4, 0.5) is 0 Å². The third kappa shape index (κ3) is 3.41. The van der Waals surface area contributed by atoms with Crippen LogP contribution in [-0.2, 0) is 6.54 Å². The van der Waals surface area contributed by atoms with Crippen LogP contribution in [0.1, 0.15) is 12.0 Å². The maximum absolute atomic E-state index is 5.28. The van der Waals surface area contributed by atoms with E-state index in [-0.39, 0.29) is 12.4 Å². The molecule has 106 valence electrons. The van der Waals surface area contributed by atoms with E-state index in [1.165, 1.54) is 38.2 Å². The van der Waals surface area contributed by atoms with Crippen LogP contribution in [0.5, 0.6) is 5.75 Å². The van der Waals surface area contributed by atoms with Crippen LogP contribution >= 0.6 is 12.4 Å². The smallest absolute Gasteiger partial charge is 0.119 e. The van der Waals surface area contributed by atoms with Crippen molar-refractivity contribution < 1.29 is 4.74 Å². The van der Waals surface area contributed by atoms with Gasteiger partial charge in [-0.2, -0.15) is 0 Å². The molecule has 2 atom stereocenters. The standard InChI is InChI=1S/C15H22N2O.ClH/c1-18-15-4-2-3-12(7-15)10-17-6-5-13-8-16-9-14(13)11-17;/h2-4,7,13-14,16H,5-6,8-11H2,1H3;1H. The van der Waals surface area contributed by atoms with E-state index >= 15 is 0 Å². The third-order valence-electron chi connectivity index (χ3n) is 4.33. The molecule has 1 N–H and O–H groups in total. The normalized spacial score (nSPS) is 26.6. The number of piperidine rings is 1. The summed E-state index contributed by atoms with van der Waals surface area (Å²) in [4.78, 5) is 2.59. The Morgan fingerprint density at radius 1 is 1.32 bits per heavy atom. The number of rotatable bonds is 3. The first-order chi connectivity index (χ1) is 8.85. The van der Waals surface area contributed by atoms with Crippen molar-refractivity contribution in [2.24, 2.45) is 11.8 Å². The van der Waals surface area contributed by atoms with E-state index in [1.807, 2.05) is 6.07 Å². The average molecular weight is 283 g/mol. The Balaban J connectivity index is 0.00000133. The van der Waals surface area contributed by atoms with Gasteiger partial charge in [0.15, 0.2) is 0 Å². The first-order valence-corrected chi connectivity index (χ1v) is 6.91. The Kier molecular flexibility index (Phi) is 5.08. The molecule has 2 fully saturated rings. The van der Waals surface area contributed by atoms with Crippen molar-refractivity contribution in [2.75, 3.05) is 33.3 Å². The van der Waals surface area contributed by atoms with E-state index in [9.17, 15) is 0 Å². The first kappa shape index (κ1) is 14.6. The molecule has 1 aromatic rings. The predicted molar refractivity (Wildman–Crippen MR) is 80.0 cm³/mol. The zero-order valence-corrected chi connectivity index (χ0v) is 12.3. The molecule has 0 aliphatic carbocycles. The fraction of sp³-hybridized carbons (Fsp3) is 0.600. The predicted octanol–water partition coefficient (Wildman–Crippen LogP) is 2.16. The van der Waals surface area contributed by atoms with Crippen molar-refractivity contribution in [1.29, 1.82) is 0 Å². The molecule has 2 aliphatic heterocycles. The van der Waals surface area contributed by atoms with Gasteiger partial charge in [-0.3, -0.25) is 4.90 Å². The van der Waals surface area contributed by atoms with E-state index in [2.05, 4.69) is 28.4 Å². The minimum absolute atomic E-state index is 0. The Bertz CT molecular complexity index is 413. The number of likely N-dealkylation sites (tertiary alicyclic amines) is 1. The first-order valence-electron chi connectivity index (χ1n) is 6.91. The van der Waals surface area contributed by atoms with Crippen molar-refractivity contribution in [3.05, 3.63) is 29.8 Å². The molecule has 0 saturated carbocycles. The number of hydrogen-bond donors (Lipinski definition) is 1. The van der Waals surface area contributed by atoms with Crippen LogP contribution in [0.3, 0.4) is 0 Å². The van der Waals surface area contributed by atoms with Crippen LogP contribution < -0.4 is 10.1 Å². The summed E-state index contributed by atoms with van der Waals surface area (Å²) in [6, 6.07) is 8.44. The Hall–Kier alpha value is -0.770. The monoisotopic (exact) mass is 282 g/mol. The van der Waals surface area contributed by atoms with E-state index in [0.29, 0.717) is 0 Å². The zero-order chi connectivity index (χ0) is 12.4. The number of benzene rings is 1. The van der Waals surface area contributed by atoms with Crippen LogP contribution in [0.15, 0.2) is 24.3 Å². The Labute approximate surface area is 121 Å². The molecule has 3 rings (SSSR count). The lowest BCUT2D eigenvalue weighted by atomic mass is 9.88. The maximum Gasteiger partial charge on any atom is 0.119 e. The highest BCUT2D eigenvalue weighted by atomic mass is 35.5. The molecule has 0 aromatic heterocycles. The Morgan fingerprint density at radius 2 is 2.16 bits per heavy atom. The molecule has 1 aromatic carbocycles. The molecular formula is C15H23ClN2O. The fourth-order valence-electron chi connectivity index (χ4n) is 3.28. The molecule has 0 spiro atoms. The largest absolute Gasteiger partial charge is 0.497 e. The van der Waals surface area contributed by atoms with Gasteiger partial charge in [0.25, 0.3) is 0 Å². The van der Waals surface area contributed by atoms with Crippen molar-refractivity contribution >= 4 is 12.4 Å². The van der Waals surface area contributed by atoms with Crippen molar-refractivity contribution in [2.45, 2.75) is 13.0 Å². The molecule has 0 amide bonds. The number of fused-ring (bicyclic) bond motifs is 1. The van der Waals surface area contributed by atoms with Gasteiger partial charge in [0.2, 0.25) is 0 Å². The molecule has 3 nitrogen and oxygen atoms in total. The third-order valence-corrected chi connectivity index (χ3v) is 4.33. The molecular weight excluding hydrogens is 260 g/mol. The summed E-state index contributed by atoms with van der Waals surface area (Å²) < 4.78 is 5.28. The number of nitrogens with zero attached hydrogens (tertiary/aromatic N) is 1. The topological polar surface area (TPSA) is 24.5 Å². The maximum atomic E-state index is 5.28. The highest BCUT2D eigenvalue weighted by molar-refractivity contribution is 5.85. The van der Waals surface area contributed by atoms with Gasteiger partial charge in [-0.1, -0.05) is 12.1 Å². The second-order valence-electron chi connectivity index (χ2n) is 5.55. The summed E-state index contributed by atoms with van der Waals surface area (Å²) in [6.07, 6.45) is 1.35. The minimum Gasteiger partial charge on any atom is -0.497 e. The summed E-state index contributed by atoms with van der Waals surface area (Å²) in [7, 11) is 1.73. The van der Waals surface area contributed by atoms with Gasteiger partial charge in [-0.05, 0) is 55.6 Å². The molecule has 0 radical (unpaired) electrons. The van der Waals surface area contributed by atoms with Crippen LogP contribution in [0, 0.1) is 11.8 Å². The van der Waals surface area contributed by atoms with Gasteiger partial charge in [-0.25, -0.2) is 0 Å². The lowest BCUT2D eigenvalue weighted by molar-refractivity contribution is 0.142. The Morgan fingerprint density at radius 3 is 3.00 bits per heavy atom. The van der Waals surface area contributed by atoms with Gasteiger partial charge < -0.3 is 10.1 Å². The van der Waals surface area contributed by atoms with Crippen molar-refractivity contribution in [1.82, 2.24) is 10.2 Å². The van der Waals surface area contributed by atoms with Gasteiger partial charge >= 0.3 is 0 Å². The zero-order valence-electron chi connectivity index (χ0n) is 11.5. The van der Waals surface area contributed by atoms with Crippen LogP contribution in [-0.4, -0.2) is 38.2 Å². The number of hydrogen-bond acceptors (Lipinski definition) is 3. The van der Waals surface area contributed by atoms with Gasteiger partial charge in [0.1, 0.15) is 5.75 Å².